The summed E-state index contributed by atoms with van der Waals surface area (Å²) >= 11 is 0. The summed E-state index contributed by atoms with van der Waals surface area (Å²) in [5.41, 5.74) is 7.45. The fourth-order valence-electron chi connectivity index (χ4n) is 2.66. The zero-order valence-electron chi connectivity index (χ0n) is 17.7. The smallest absolute Gasteiger partial charge is 0.251 e. The number of nitrogens with one attached hydrogen (secondary N) is 3. The number of carbonyl (C=O) groups excluding carboxylic acids is 2. The van der Waals surface area contributed by atoms with Crippen molar-refractivity contribution < 1.29 is 14.3 Å². The molecule has 0 atom stereocenters. The average Bonchev–Trinajstić information content (AvgIpc) is 2.78. The van der Waals surface area contributed by atoms with Gasteiger partial charge in [-0.25, -0.2) is 4.99 Å². The molecule has 0 saturated heterocycles. The lowest BCUT2D eigenvalue weighted by atomic mass is 10.1. The molecule has 31 heavy (non-hydrogen) atoms. The number of benzene rings is 2. The molecule has 0 fully saturated rings. The van der Waals surface area contributed by atoms with Crippen LogP contribution in [0.25, 0.3) is 0 Å². The summed E-state index contributed by atoms with van der Waals surface area (Å²) in [7, 11) is 0. The monoisotopic (exact) mass is 423 g/mol. The minimum Gasteiger partial charge on any atom is -0.489 e. The Labute approximate surface area is 182 Å². The molecule has 8 nitrogen and oxygen atoms in total. The molecule has 0 aromatic heterocycles. The van der Waals surface area contributed by atoms with E-state index >= 15 is 0 Å². The van der Waals surface area contributed by atoms with E-state index in [1.165, 1.54) is 0 Å². The van der Waals surface area contributed by atoms with Crippen molar-refractivity contribution in [2.45, 2.75) is 20.0 Å². The summed E-state index contributed by atoms with van der Waals surface area (Å²) in [6, 6.07) is 14.8. The van der Waals surface area contributed by atoms with Crippen molar-refractivity contribution in [2.75, 3.05) is 19.7 Å². The third-order valence-corrected chi connectivity index (χ3v) is 4.18. The highest BCUT2D eigenvalue weighted by atomic mass is 16.5. The number of carbonyl (C=O) groups is 2. The zero-order valence-corrected chi connectivity index (χ0v) is 17.7. The maximum absolute atomic E-state index is 11.9. The van der Waals surface area contributed by atoms with Crippen LogP contribution < -0.4 is 26.4 Å². The van der Waals surface area contributed by atoms with Gasteiger partial charge in [0.05, 0.1) is 13.1 Å². The standard InChI is InChI=1S/C23H29N5O3/c1-3-13-31-20-8-6-5-7-19(20)15-28-23(25-4-2)27-14-17-9-11-18(12-10-17)22(30)26-16-21(24)29/h3,5-12H,1,4,13-16H2,2H3,(H2,24,29)(H,26,30)(H2,25,27,28). The molecule has 0 aliphatic carbocycles. The number of aliphatic imine (C=N–C) groups is 1. The van der Waals surface area contributed by atoms with Gasteiger partial charge in [0.2, 0.25) is 5.91 Å². The molecule has 164 valence electrons. The van der Waals surface area contributed by atoms with Crippen LogP contribution in [0.4, 0.5) is 0 Å². The van der Waals surface area contributed by atoms with Crippen LogP contribution in [0, 0.1) is 0 Å². The molecule has 0 aliphatic heterocycles. The van der Waals surface area contributed by atoms with Gasteiger partial charge >= 0.3 is 0 Å². The molecular weight excluding hydrogens is 394 g/mol. The van der Waals surface area contributed by atoms with Gasteiger partial charge in [0.15, 0.2) is 5.96 Å². The number of hydrogen-bond donors (Lipinski definition) is 4. The number of rotatable bonds is 11. The number of ether oxygens (including phenoxy) is 1. The van der Waals surface area contributed by atoms with Gasteiger partial charge in [-0.3, -0.25) is 9.59 Å². The van der Waals surface area contributed by atoms with Crippen molar-refractivity contribution in [3.05, 3.63) is 77.9 Å². The lowest BCUT2D eigenvalue weighted by molar-refractivity contribution is -0.117. The lowest BCUT2D eigenvalue weighted by Gasteiger charge is -2.14. The normalized spacial score (nSPS) is 10.8. The molecule has 0 spiro atoms. The molecule has 0 heterocycles. The van der Waals surface area contributed by atoms with Crippen molar-refractivity contribution in [3.8, 4) is 5.75 Å². The molecule has 2 rings (SSSR count). The lowest BCUT2D eigenvalue weighted by Crippen LogP contribution is -2.36. The molecule has 0 unspecified atom stereocenters. The SMILES string of the molecule is C=CCOc1ccccc1CNC(=NCc1ccc(C(=O)NCC(N)=O)cc1)NCC. The van der Waals surface area contributed by atoms with Crippen molar-refractivity contribution in [2.24, 2.45) is 10.7 Å². The Morgan fingerprint density at radius 2 is 1.84 bits per heavy atom. The number of para-hydroxylation sites is 1. The van der Waals surface area contributed by atoms with E-state index in [1.54, 1.807) is 18.2 Å². The number of amides is 2. The third-order valence-electron chi connectivity index (χ3n) is 4.18. The Hall–Kier alpha value is -3.81. The summed E-state index contributed by atoms with van der Waals surface area (Å²) in [6.07, 6.45) is 1.71. The zero-order chi connectivity index (χ0) is 22.5. The van der Waals surface area contributed by atoms with Gasteiger partial charge in [0, 0.05) is 24.2 Å². The van der Waals surface area contributed by atoms with Crippen LogP contribution in [-0.4, -0.2) is 37.5 Å². The van der Waals surface area contributed by atoms with Gasteiger partial charge < -0.3 is 26.4 Å². The van der Waals surface area contributed by atoms with Crippen molar-refractivity contribution in [3.63, 3.8) is 0 Å². The van der Waals surface area contributed by atoms with Gasteiger partial charge in [-0.15, -0.1) is 0 Å². The van der Waals surface area contributed by atoms with Gasteiger partial charge in [-0.2, -0.15) is 0 Å². The molecule has 0 aliphatic rings. The molecule has 2 aromatic rings. The summed E-state index contributed by atoms with van der Waals surface area (Å²) in [5, 5.41) is 8.98. The second-order valence-electron chi connectivity index (χ2n) is 6.60. The van der Waals surface area contributed by atoms with Gasteiger partial charge in [0.1, 0.15) is 12.4 Å². The summed E-state index contributed by atoms with van der Waals surface area (Å²) < 4.78 is 5.69. The van der Waals surface area contributed by atoms with Crippen LogP contribution in [0.3, 0.4) is 0 Å². The molecule has 0 bridgehead atoms. The summed E-state index contributed by atoms with van der Waals surface area (Å²) in [6.45, 7) is 7.64. The first kappa shape index (κ1) is 23.5. The Bertz CT molecular complexity index is 910. The maximum Gasteiger partial charge on any atom is 0.251 e. The van der Waals surface area contributed by atoms with E-state index in [2.05, 4.69) is 27.5 Å². The Morgan fingerprint density at radius 3 is 2.52 bits per heavy atom. The molecule has 2 amide bonds. The van der Waals surface area contributed by atoms with E-state index in [9.17, 15) is 9.59 Å². The highest BCUT2D eigenvalue weighted by Crippen LogP contribution is 2.17. The van der Waals surface area contributed by atoms with Gasteiger partial charge in [0.25, 0.3) is 5.91 Å². The molecule has 0 saturated carbocycles. The third kappa shape index (κ3) is 8.22. The fraction of sp³-hybridized carbons (Fsp3) is 0.261. The fourth-order valence-corrected chi connectivity index (χ4v) is 2.66. The number of nitrogens with zero attached hydrogens (tertiary/aromatic N) is 1. The second kappa shape index (κ2) is 12.7. The van der Waals surface area contributed by atoms with Gasteiger partial charge in [-0.05, 0) is 30.7 Å². The first-order chi connectivity index (χ1) is 15.0. The van der Waals surface area contributed by atoms with Crippen LogP contribution in [0.5, 0.6) is 5.75 Å². The number of hydrogen-bond acceptors (Lipinski definition) is 4. The Morgan fingerprint density at radius 1 is 1.10 bits per heavy atom. The quantitative estimate of drug-likeness (QED) is 0.249. The molecule has 5 N–H and O–H groups in total. The maximum atomic E-state index is 11.9. The van der Waals surface area contributed by atoms with E-state index in [4.69, 9.17) is 10.5 Å². The molecular formula is C23H29N5O3. The van der Waals surface area contributed by atoms with E-state index in [0.717, 1.165) is 23.4 Å². The van der Waals surface area contributed by atoms with E-state index in [1.807, 2.05) is 43.3 Å². The van der Waals surface area contributed by atoms with E-state index < -0.39 is 5.91 Å². The highest BCUT2D eigenvalue weighted by molar-refractivity contribution is 5.96. The first-order valence-corrected chi connectivity index (χ1v) is 10.0. The Balaban J connectivity index is 1.97. The molecule has 2 aromatic carbocycles. The number of primary amides is 1. The van der Waals surface area contributed by atoms with Crippen LogP contribution in [-0.2, 0) is 17.9 Å². The van der Waals surface area contributed by atoms with Crippen molar-refractivity contribution >= 4 is 17.8 Å². The van der Waals surface area contributed by atoms with Crippen molar-refractivity contribution in [1.29, 1.82) is 0 Å². The predicted molar refractivity (Wildman–Crippen MR) is 122 cm³/mol. The largest absolute Gasteiger partial charge is 0.489 e. The first-order valence-electron chi connectivity index (χ1n) is 10.0. The average molecular weight is 424 g/mol. The van der Waals surface area contributed by atoms with E-state index in [0.29, 0.717) is 31.2 Å². The van der Waals surface area contributed by atoms with Crippen LogP contribution in [0.15, 0.2) is 66.2 Å². The Kier molecular flexibility index (Phi) is 9.61. The highest BCUT2D eigenvalue weighted by Gasteiger charge is 2.07. The number of nitrogens with two attached hydrogens (primary N) is 1. The number of guanidine groups is 1. The van der Waals surface area contributed by atoms with Gasteiger partial charge in [-0.1, -0.05) is 43.0 Å². The van der Waals surface area contributed by atoms with Crippen LogP contribution in [0.2, 0.25) is 0 Å². The predicted octanol–water partition coefficient (Wildman–Crippen LogP) is 1.72. The topological polar surface area (TPSA) is 118 Å². The minimum atomic E-state index is -0.586. The molecule has 0 radical (unpaired) electrons. The van der Waals surface area contributed by atoms with E-state index in [-0.39, 0.29) is 12.5 Å². The van der Waals surface area contributed by atoms with Crippen LogP contribution in [0.1, 0.15) is 28.4 Å². The summed E-state index contributed by atoms with van der Waals surface area (Å²) in [4.78, 5) is 27.3. The van der Waals surface area contributed by atoms with Crippen molar-refractivity contribution in [1.82, 2.24) is 16.0 Å². The molecule has 8 heteroatoms. The second-order valence-corrected chi connectivity index (χ2v) is 6.60. The van der Waals surface area contributed by atoms with Crippen LogP contribution >= 0.6 is 0 Å². The minimum absolute atomic E-state index is 0.190. The summed E-state index contributed by atoms with van der Waals surface area (Å²) in [5.74, 6) is 0.541.